The van der Waals surface area contributed by atoms with Crippen LogP contribution >= 0.6 is 0 Å². The van der Waals surface area contributed by atoms with Crippen molar-refractivity contribution in [3.05, 3.63) is 95.2 Å². The van der Waals surface area contributed by atoms with Gasteiger partial charge >= 0.3 is 6.03 Å². The van der Waals surface area contributed by atoms with Crippen LogP contribution in [0.15, 0.2) is 72.9 Å². The third kappa shape index (κ3) is 5.87. The lowest BCUT2D eigenvalue weighted by Gasteiger charge is -2.25. The summed E-state index contributed by atoms with van der Waals surface area (Å²) in [7, 11) is 0. The monoisotopic (exact) mass is 579 g/mol. The molecular weight excluding hydrogens is 542 g/mol. The number of nitrogens with one attached hydrogen (secondary N) is 1. The molecule has 222 valence electrons. The molecule has 3 amide bonds. The number of unbranched alkanes of at least 4 members (excludes halogenated alkanes) is 3. The highest BCUT2D eigenvalue weighted by Crippen LogP contribution is 2.37. The van der Waals surface area contributed by atoms with Gasteiger partial charge in [0.2, 0.25) is 0 Å². The molecule has 0 saturated carbocycles. The molecule has 1 fully saturated rings. The minimum absolute atomic E-state index is 0.247. The van der Waals surface area contributed by atoms with E-state index < -0.39 is 5.54 Å². The average molecular weight is 580 g/mol. The van der Waals surface area contributed by atoms with Crippen molar-refractivity contribution in [1.82, 2.24) is 15.2 Å². The molecular formula is C35H37N3O5. The number of aromatic nitrogens is 1. The number of hydrogen-bond donors (Lipinski definition) is 1. The molecule has 1 aromatic heterocycles. The number of fused-ring (bicyclic) bond motifs is 2. The summed E-state index contributed by atoms with van der Waals surface area (Å²) in [4.78, 5) is 32.2. The zero-order valence-corrected chi connectivity index (χ0v) is 24.7. The van der Waals surface area contributed by atoms with E-state index in [4.69, 9.17) is 19.2 Å². The first-order chi connectivity index (χ1) is 20.9. The molecule has 0 spiro atoms. The van der Waals surface area contributed by atoms with E-state index in [2.05, 4.69) is 36.5 Å². The SMILES string of the molecule is Cc1cccc2c(OCCCCCCN3C(=O)NC(C)(c4ccc5c(c4)OCCO5)C3=O)c(Cc3ccccc3)cnc12. The lowest BCUT2D eigenvalue weighted by atomic mass is 9.91. The fourth-order valence-electron chi connectivity index (χ4n) is 5.85. The second-order valence-electron chi connectivity index (χ2n) is 11.4. The molecule has 0 radical (unpaired) electrons. The van der Waals surface area contributed by atoms with Gasteiger partial charge in [0, 0.05) is 30.1 Å². The Morgan fingerprint density at radius 2 is 1.72 bits per heavy atom. The van der Waals surface area contributed by atoms with E-state index in [0.29, 0.717) is 43.4 Å². The van der Waals surface area contributed by atoms with Gasteiger partial charge < -0.3 is 19.5 Å². The summed E-state index contributed by atoms with van der Waals surface area (Å²) in [6.07, 6.45) is 6.11. The highest BCUT2D eigenvalue weighted by atomic mass is 16.6. The van der Waals surface area contributed by atoms with Crippen molar-refractivity contribution in [3.63, 3.8) is 0 Å². The Morgan fingerprint density at radius 1 is 0.930 bits per heavy atom. The third-order valence-electron chi connectivity index (χ3n) is 8.28. The largest absolute Gasteiger partial charge is 0.493 e. The highest BCUT2D eigenvalue weighted by molar-refractivity contribution is 6.07. The van der Waals surface area contributed by atoms with Crippen LogP contribution in [-0.2, 0) is 16.8 Å². The van der Waals surface area contributed by atoms with Crippen LogP contribution in [0.25, 0.3) is 10.9 Å². The molecule has 8 heteroatoms. The average Bonchev–Trinajstić information content (AvgIpc) is 3.25. The van der Waals surface area contributed by atoms with Crippen LogP contribution in [-0.4, -0.2) is 48.2 Å². The van der Waals surface area contributed by atoms with Crippen molar-refractivity contribution in [2.24, 2.45) is 0 Å². The van der Waals surface area contributed by atoms with Gasteiger partial charge in [-0.1, -0.05) is 61.4 Å². The van der Waals surface area contributed by atoms with Gasteiger partial charge in [0.15, 0.2) is 11.5 Å². The summed E-state index contributed by atoms with van der Waals surface area (Å²) in [5, 5.41) is 3.92. The Bertz CT molecular complexity index is 1640. The Kier molecular flexibility index (Phi) is 8.18. The normalized spacial score (nSPS) is 17.8. The van der Waals surface area contributed by atoms with Crippen LogP contribution in [0.5, 0.6) is 17.2 Å². The van der Waals surface area contributed by atoms with E-state index >= 15 is 0 Å². The van der Waals surface area contributed by atoms with Gasteiger partial charge in [-0.3, -0.25) is 14.7 Å². The highest BCUT2D eigenvalue weighted by Gasteiger charge is 2.49. The molecule has 2 aliphatic rings. The maximum Gasteiger partial charge on any atom is 0.325 e. The van der Waals surface area contributed by atoms with Gasteiger partial charge in [0.05, 0.1) is 12.1 Å². The van der Waals surface area contributed by atoms with Gasteiger partial charge in [-0.15, -0.1) is 0 Å². The van der Waals surface area contributed by atoms with Crippen molar-refractivity contribution in [3.8, 4) is 17.2 Å². The van der Waals surface area contributed by atoms with Crippen molar-refractivity contribution >= 4 is 22.8 Å². The number of carbonyl (C=O) groups excluding carboxylic acids is 2. The van der Waals surface area contributed by atoms with Crippen LogP contribution in [0, 0.1) is 6.92 Å². The zero-order valence-electron chi connectivity index (χ0n) is 24.7. The smallest absolute Gasteiger partial charge is 0.325 e. The van der Waals surface area contributed by atoms with Gasteiger partial charge in [-0.2, -0.15) is 0 Å². The van der Waals surface area contributed by atoms with Crippen LogP contribution in [0.3, 0.4) is 0 Å². The third-order valence-corrected chi connectivity index (χ3v) is 8.28. The maximum atomic E-state index is 13.4. The molecule has 0 bridgehead atoms. The predicted octanol–water partition coefficient (Wildman–Crippen LogP) is 6.31. The Balaban J connectivity index is 1.02. The van der Waals surface area contributed by atoms with E-state index in [9.17, 15) is 9.59 Å². The number of carbonyl (C=O) groups is 2. The maximum absolute atomic E-state index is 13.4. The lowest BCUT2D eigenvalue weighted by Crippen LogP contribution is -2.41. The first-order valence-corrected chi connectivity index (χ1v) is 15.0. The van der Waals surface area contributed by atoms with Crippen molar-refractivity contribution < 1.29 is 23.8 Å². The Morgan fingerprint density at radius 3 is 2.56 bits per heavy atom. The van der Waals surface area contributed by atoms with E-state index in [1.54, 1.807) is 19.1 Å². The second-order valence-corrected chi connectivity index (χ2v) is 11.4. The number of amides is 3. The number of para-hydroxylation sites is 1. The fourth-order valence-corrected chi connectivity index (χ4v) is 5.85. The van der Waals surface area contributed by atoms with Crippen LogP contribution in [0.4, 0.5) is 4.79 Å². The summed E-state index contributed by atoms with van der Waals surface area (Å²) in [6, 6.07) is 21.6. The molecule has 43 heavy (non-hydrogen) atoms. The fraction of sp³-hybridized carbons (Fsp3) is 0.343. The number of imide groups is 1. The van der Waals surface area contributed by atoms with Crippen molar-refractivity contribution in [2.75, 3.05) is 26.4 Å². The molecule has 1 atom stereocenters. The first kappa shape index (κ1) is 28.5. The Hall–Kier alpha value is -4.59. The van der Waals surface area contributed by atoms with Crippen LogP contribution in [0.1, 0.15) is 54.9 Å². The molecule has 0 aliphatic carbocycles. The van der Waals surface area contributed by atoms with Gasteiger partial charge in [-0.25, -0.2) is 4.79 Å². The molecule has 6 rings (SSSR count). The number of urea groups is 1. The minimum atomic E-state index is -1.14. The van der Waals surface area contributed by atoms with Crippen LogP contribution < -0.4 is 19.5 Å². The summed E-state index contributed by atoms with van der Waals surface area (Å²) in [5.41, 5.74) is 3.92. The van der Waals surface area contributed by atoms with E-state index in [-0.39, 0.29) is 11.9 Å². The first-order valence-electron chi connectivity index (χ1n) is 15.0. The number of ether oxygens (including phenoxy) is 3. The zero-order chi connectivity index (χ0) is 29.8. The van der Waals surface area contributed by atoms with E-state index in [0.717, 1.165) is 59.9 Å². The van der Waals surface area contributed by atoms with E-state index in [1.165, 1.54) is 10.5 Å². The quantitative estimate of drug-likeness (QED) is 0.165. The molecule has 2 aliphatic heterocycles. The van der Waals surface area contributed by atoms with Crippen molar-refractivity contribution in [2.45, 2.75) is 51.5 Å². The number of benzene rings is 3. The van der Waals surface area contributed by atoms with E-state index in [1.807, 2.05) is 36.5 Å². The van der Waals surface area contributed by atoms with Gasteiger partial charge in [-0.05, 0) is 61.6 Å². The molecule has 3 aromatic carbocycles. The summed E-state index contributed by atoms with van der Waals surface area (Å²) < 4.78 is 17.7. The standard InChI is InChI=1S/C35H37N3O5/c1-24-11-10-14-28-31(24)36-23-26(21-25-12-6-5-7-13-25)32(28)43-18-9-4-3-8-17-38-33(39)35(2,37-34(38)40)27-15-16-29-30(22-27)42-20-19-41-29/h5-7,10-16,22-23H,3-4,8-9,17-21H2,1-2H3,(H,37,40). The summed E-state index contributed by atoms with van der Waals surface area (Å²) >= 11 is 0. The number of rotatable bonds is 11. The van der Waals surface area contributed by atoms with Crippen molar-refractivity contribution in [1.29, 1.82) is 0 Å². The number of nitrogens with zero attached hydrogens (tertiary/aromatic N) is 2. The van der Waals surface area contributed by atoms with Gasteiger partial charge in [0.25, 0.3) is 5.91 Å². The molecule has 1 saturated heterocycles. The summed E-state index contributed by atoms with van der Waals surface area (Å²) in [6.45, 7) is 5.72. The van der Waals surface area contributed by atoms with Crippen LogP contribution in [0.2, 0.25) is 0 Å². The molecule has 1 N–H and O–H groups in total. The molecule has 3 heterocycles. The lowest BCUT2D eigenvalue weighted by molar-refractivity contribution is -0.131. The van der Waals surface area contributed by atoms with Gasteiger partial charge in [0.1, 0.15) is 24.5 Å². The molecule has 1 unspecified atom stereocenters. The summed E-state index contributed by atoms with van der Waals surface area (Å²) in [5.74, 6) is 1.89. The number of hydrogen-bond acceptors (Lipinski definition) is 6. The Labute approximate surface area is 252 Å². The molecule has 8 nitrogen and oxygen atoms in total. The number of pyridine rings is 1. The second kappa shape index (κ2) is 12.3. The topological polar surface area (TPSA) is 90.0 Å². The number of aryl methyl sites for hydroxylation is 1. The predicted molar refractivity (Wildman–Crippen MR) is 165 cm³/mol. The minimum Gasteiger partial charge on any atom is -0.493 e. The molecule has 4 aromatic rings.